The number of nitrogens with zero attached hydrogens (tertiary/aromatic N) is 4. The molecule has 0 saturated carbocycles. The summed E-state index contributed by atoms with van der Waals surface area (Å²) in [7, 11) is 3.97. The predicted molar refractivity (Wildman–Crippen MR) is 170 cm³/mol. The second kappa shape index (κ2) is 22.0. The number of aryl methyl sites for hydroxylation is 1. The summed E-state index contributed by atoms with van der Waals surface area (Å²) in [6.07, 6.45) is 3.60. The van der Waals surface area contributed by atoms with Crippen LogP contribution < -0.4 is 20.3 Å². The lowest BCUT2D eigenvalue weighted by Gasteiger charge is -2.26. The molecule has 1 aromatic carbocycles. The third-order valence-electron chi connectivity index (χ3n) is 5.74. The van der Waals surface area contributed by atoms with Gasteiger partial charge in [0.15, 0.2) is 0 Å². The lowest BCUT2D eigenvalue weighted by molar-refractivity contribution is 0.0320. The van der Waals surface area contributed by atoms with Crippen LogP contribution in [0.25, 0.3) is 0 Å². The summed E-state index contributed by atoms with van der Waals surface area (Å²) >= 11 is 0. The molecule has 8 nitrogen and oxygen atoms in total. The maximum atomic E-state index is 7.22. The van der Waals surface area contributed by atoms with Crippen LogP contribution in [0.5, 0.6) is 5.88 Å². The Bertz CT molecular complexity index is 895. The highest BCUT2D eigenvalue weighted by molar-refractivity contribution is 5.86. The van der Waals surface area contributed by atoms with E-state index >= 15 is 0 Å². The smallest absolute Gasteiger partial charge is 0.217 e. The molecular formula is C31H56N6O2. The first-order valence-electron chi connectivity index (χ1n) is 14.6. The minimum absolute atomic E-state index is 0.515. The third-order valence-corrected chi connectivity index (χ3v) is 5.74. The Morgan fingerprint density at radius 3 is 2.18 bits per heavy atom. The highest BCUT2D eigenvalue weighted by Crippen LogP contribution is 2.23. The Kier molecular flexibility index (Phi) is 20.4. The number of aromatic nitrogens is 1. The number of anilines is 3. The molecule has 8 heteroatoms. The average Bonchev–Trinajstić information content (AvgIpc) is 2.95. The van der Waals surface area contributed by atoms with Crippen LogP contribution in [0.3, 0.4) is 0 Å². The van der Waals surface area contributed by atoms with Crippen molar-refractivity contribution in [2.45, 2.75) is 61.3 Å². The topological polar surface area (TPSA) is 90.9 Å². The summed E-state index contributed by atoms with van der Waals surface area (Å²) in [6, 6.07) is 10.0. The van der Waals surface area contributed by atoms with Crippen LogP contribution in [-0.2, 0) is 4.74 Å². The molecule has 0 bridgehead atoms. The van der Waals surface area contributed by atoms with Gasteiger partial charge in [0.25, 0.3) is 0 Å². The number of nitrogens with one attached hydrogen (secondary N) is 1. The number of hydrogen-bond acceptors (Lipinski definition) is 8. The van der Waals surface area contributed by atoms with E-state index in [1.54, 1.807) is 0 Å². The fourth-order valence-corrected chi connectivity index (χ4v) is 3.98. The van der Waals surface area contributed by atoms with E-state index in [2.05, 4.69) is 34.7 Å². The molecule has 0 amide bonds. The molecule has 0 atom stereocenters. The highest BCUT2D eigenvalue weighted by atomic mass is 16.5. The van der Waals surface area contributed by atoms with Gasteiger partial charge in [-0.25, -0.2) is 0 Å². The molecule has 0 aliphatic carbocycles. The number of ether oxygens (including phenoxy) is 2. The van der Waals surface area contributed by atoms with Crippen molar-refractivity contribution in [2.75, 3.05) is 82.2 Å². The quantitative estimate of drug-likeness (QED) is 0.330. The van der Waals surface area contributed by atoms with E-state index in [9.17, 15) is 0 Å². The van der Waals surface area contributed by atoms with Crippen LogP contribution in [0.2, 0.25) is 0 Å². The van der Waals surface area contributed by atoms with Gasteiger partial charge in [-0.15, -0.1) is 0 Å². The van der Waals surface area contributed by atoms with Crippen molar-refractivity contribution in [3.05, 3.63) is 41.5 Å². The summed E-state index contributed by atoms with van der Waals surface area (Å²) in [5.74, 6) is 1.13. The van der Waals surface area contributed by atoms with E-state index in [1.165, 1.54) is 11.8 Å². The fourth-order valence-electron chi connectivity index (χ4n) is 3.98. The van der Waals surface area contributed by atoms with Crippen LogP contribution >= 0.6 is 0 Å². The zero-order chi connectivity index (χ0) is 29.6. The van der Waals surface area contributed by atoms with Crippen molar-refractivity contribution in [2.24, 2.45) is 0 Å². The number of pyridine rings is 1. The Hall–Kier alpha value is -2.84. The van der Waals surface area contributed by atoms with Crippen molar-refractivity contribution in [1.82, 2.24) is 9.88 Å². The molecule has 0 radical (unpaired) electrons. The second-order valence-corrected chi connectivity index (χ2v) is 8.98. The minimum Gasteiger partial charge on any atom is -0.476 e. The average molecular weight is 545 g/mol. The van der Waals surface area contributed by atoms with E-state index < -0.39 is 0 Å². The van der Waals surface area contributed by atoms with Crippen LogP contribution in [0.4, 0.5) is 17.2 Å². The fraction of sp³-hybridized carbons (Fsp3) is 0.613. The van der Waals surface area contributed by atoms with E-state index in [0.29, 0.717) is 18.3 Å². The molecule has 1 saturated heterocycles. The largest absolute Gasteiger partial charge is 0.476 e. The Labute approximate surface area is 239 Å². The van der Waals surface area contributed by atoms with E-state index in [4.69, 9.17) is 20.6 Å². The molecule has 3 N–H and O–H groups in total. The summed E-state index contributed by atoms with van der Waals surface area (Å²) in [6.45, 7) is 21.5. The maximum Gasteiger partial charge on any atom is 0.217 e. The second-order valence-electron chi connectivity index (χ2n) is 8.98. The Morgan fingerprint density at radius 1 is 1.03 bits per heavy atom. The Balaban J connectivity index is 0.000000759. The SMILES string of the molecule is CC.CC.CCCN(CCC)c1cc(N)nc(OCCN2CCOCC2)c1.Cc1ccc(N(C)C)c(C=N)c1. The van der Waals surface area contributed by atoms with Crippen LogP contribution in [-0.4, -0.2) is 82.7 Å². The van der Waals surface area contributed by atoms with Gasteiger partial charge < -0.3 is 30.4 Å². The van der Waals surface area contributed by atoms with Gasteiger partial charge in [-0.1, -0.05) is 53.2 Å². The number of benzene rings is 1. The van der Waals surface area contributed by atoms with E-state index in [0.717, 1.165) is 75.7 Å². The van der Waals surface area contributed by atoms with Crippen LogP contribution in [0, 0.1) is 12.3 Å². The molecule has 1 aliphatic heterocycles. The summed E-state index contributed by atoms with van der Waals surface area (Å²) in [4.78, 5) is 11.0. The minimum atomic E-state index is 0.515. The van der Waals surface area contributed by atoms with Gasteiger partial charge in [0.2, 0.25) is 5.88 Å². The number of rotatable bonds is 11. The van der Waals surface area contributed by atoms with Crippen molar-refractivity contribution in [3.8, 4) is 5.88 Å². The zero-order valence-corrected chi connectivity index (χ0v) is 26.2. The molecule has 2 heterocycles. The van der Waals surface area contributed by atoms with Crippen molar-refractivity contribution >= 4 is 23.4 Å². The van der Waals surface area contributed by atoms with Gasteiger partial charge in [-0.05, 0) is 31.9 Å². The first-order chi connectivity index (χ1) is 18.9. The standard InChI is InChI=1S/C17H30N4O2.C10H14N2.2C2H6/c1-3-5-21(6-4-2)15-13-16(18)19-17(14-15)23-12-9-20-7-10-22-11-8-20;1-8-4-5-10(12(2)3)9(6-8)7-11;2*1-2/h13-14H,3-12H2,1-2H3,(H2,18,19);4-7,11H,1-3H3;2*1-2H3. The van der Waals surface area contributed by atoms with Crippen molar-refractivity contribution in [3.63, 3.8) is 0 Å². The molecule has 2 aromatic rings. The van der Waals surface area contributed by atoms with Gasteiger partial charge >= 0.3 is 0 Å². The molecule has 1 aliphatic rings. The summed E-state index contributed by atoms with van der Waals surface area (Å²) < 4.78 is 11.2. The normalized spacial score (nSPS) is 12.4. The molecule has 222 valence electrons. The predicted octanol–water partition coefficient (Wildman–Crippen LogP) is 6.11. The van der Waals surface area contributed by atoms with Gasteiger partial charge in [0, 0.05) is 82.1 Å². The third kappa shape index (κ3) is 14.2. The molecule has 1 aromatic heterocycles. The number of nitrogen functional groups attached to an aromatic ring is 1. The monoisotopic (exact) mass is 544 g/mol. The lowest BCUT2D eigenvalue weighted by Crippen LogP contribution is -2.38. The molecule has 3 rings (SSSR count). The zero-order valence-electron chi connectivity index (χ0n) is 26.2. The van der Waals surface area contributed by atoms with Crippen LogP contribution in [0.15, 0.2) is 30.3 Å². The first-order valence-corrected chi connectivity index (χ1v) is 14.6. The van der Waals surface area contributed by atoms with Gasteiger partial charge in [0.05, 0.1) is 13.2 Å². The van der Waals surface area contributed by atoms with Crippen LogP contribution in [0.1, 0.15) is 65.5 Å². The highest BCUT2D eigenvalue weighted by Gasteiger charge is 2.12. The summed E-state index contributed by atoms with van der Waals surface area (Å²) in [5.41, 5.74) is 10.3. The van der Waals surface area contributed by atoms with Crippen molar-refractivity contribution in [1.29, 1.82) is 5.41 Å². The molecule has 1 fully saturated rings. The maximum absolute atomic E-state index is 7.22. The first kappa shape index (κ1) is 36.2. The number of morpholine rings is 1. The molecule has 39 heavy (non-hydrogen) atoms. The molecule has 0 unspecified atom stereocenters. The Morgan fingerprint density at radius 2 is 1.64 bits per heavy atom. The molecular weight excluding hydrogens is 488 g/mol. The van der Waals surface area contributed by atoms with Gasteiger partial charge in [0.1, 0.15) is 12.4 Å². The molecule has 0 spiro atoms. The van der Waals surface area contributed by atoms with Gasteiger partial charge in [-0.3, -0.25) is 4.90 Å². The van der Waals surface area contributed by atoms with E-state index in [-0.39, 0.29) is 0 Å². The number of hydrogen-bond donors (Lipinski definition) is 2. The van der Waals surface area contributed by atoms with E-state index in [1.807, 2.05) is 77.9 Å². The van der Waals surface area contributed by atoms with Gasteiger partial charge in [-0.2, -0.15) is 4.98 Å². The van der Waals surface area contributed by atoms with Crippen molar-refractivity contribution < 1.29 is 9.47 Å². The number of nitrogens with two attached hydrogens (primary N) is 1. The lowest BCUT2D eigenvalue weighted by atomic mass is 10.1. The summed E-state index contributed by atoms with van der Waals surface area (Å²) in [5, 5.41) is 7.22.